The first-order valence-corrected chi connectivity index (χ1v) is 13.5. The van der Waals surface area contributed by atoms with Gasteiger partial charge in [-0.3, -0.25) is 9.78 Å². The van der Waals surface area contributed by atoms with Crippen LogP contribution in [0.1, 0.15) is 54.4 Å². The number of rotatable bonds is 4. The topological polar surface area (TPSA) is 68.6 Å². The molecule has 0 aliphatic carbocycles. The lowest BCUT2D eigenvalue weighted by molar-refractivity contribution is 0.0544. The second kappa shape index (κ2) is 10.5. The van der Waals surface area contributed by atoms with Crippen molar-refractivity contribution in [2.24, 2.45) is 0 Å². The highest BCUT2D eigenvalue weighted by molar-refractivity contribution is 7.90. The van der Waals surface area contributed by atoms with Crippen LogP contribution in [0.25, 0.3) is 27.3 Å². The number of aryl methyl sites for hydroxylation is 1. The summed E-state index contributed by atoms with van der Waals surface area (Å²) < 4.78 is 14.2. The van der Waals surface area contributed by atoms with E-state index in [0.717, 1.165) is 57.0 Å². The summed E-state index contributed by atoms with van der Waals surface area (Å²) in [5.74, 6) is 0.851. The number of aromatic nitrogens is 2. The fraction of sp³-hybridized carbons (Fsp3) is 0.400. The molecule has 2 aliphatic heterocycles. The number of hydrogen-bond acceptors (Lipinski definition) is 6. The number of benzene rings is 1. The van der Waals surface area contributed by atoms with E-state index in [1.807, 2.05) is 36.5 Å². The van der Waals surface area contributed by atoms with Crippen molar-refractivity contribution < 1.29 is 14.3 Å². The van der Waals surface area contributed by atoms with Crippen LogP contribution >= 0.6 is 12.6 Å². The van der Waals surface area contributed by atoms with Gasteiger partial charge in [-0.2, -0.15) is 0 Å². The predicted molar refractivity (Wildman–Crippen MR) is 154 cm³/mol. The molecule has 0 saturated heterocycles. The van der Waals surface area contributed by atoms with E-state index >= 15 is 0 Å². The number of nitrogens with zero attached hydrogens (tertiary/aromatic N) is 3. The van der Waals surface area contributed by atoms with E-state index in [0.29, 0.717) is 32.0 Å². The summed E-state index contributed by atoms with van der Waals surface area (Å²) in [4.78, 5) is 21.4. The maximum atomic E-state index is 14.3. The van der Waals surface area contributed by atoms with Crippen molar-refractivity contribution >= 4 is 23.4 Å². The van der Waals surface area contributed by atoms with Crippen LogP contribution in [0.5, 0.6) is 5.75 Å². The predicted octanol–water partition coefficient (Wildman–Crippen LogP) is 5.39. The maximum Gasteiger partial charge on any atom is 0.271 e. The minimum absolute atomic E-state index is 0.0422. The Hall–Kier alpha value is -3.23. The van der Waals surface area contributed by atoms with Crippen LogP contribution in [-0.4, -0.2) is 53.2 Å². The first-order valence-electron chi connectivity index (χ1n) is 13.1. The third kappa shape index (κ3) is 4.60. The van der Waals surface area contributed by atoms with E-state index in [-0.39, 0.29) is 11.4 Å². The number of carbonyl (C=O) groups is 1. The molecule has 0 spiro atoms. The molecule has 4 heterocycles. The van der Waals surface area contributed by atoms with Crippen LogP contribution in [0.2, 0.25) is 0 Å². The maximum absolute atomic E-state index is 14.3. The number of methoxy groups -OCH3 is 1. The van der Waals surface area contributed by atoms with Gasteiger partial charge in [0.1, 0.15) is 11.4 Å². The number of amides is 1. The summed E-state index contributed by atoms with van der Waals surface area (Å²) in [7, 11) is 3.56. The average molecular weight is 533 g/mol. The first kappa shape index (κ1) is 26.4. The molecule has 5 rings (SSSR count). The Labute approximate surface area is 230 Å². The van der Waals surface area contributed by atoms with Gasteiger partial charge in [0.25, 0.3) is 5.91 Å². The molecule has 200 valence electrons. The Morgan fingerprint density at radius 1 is 1.21 bits per heavy atom. The van der Waals surface area contributed by atoms with Gasteiger partial charge in [-0.1, -0.05) is 6.07 Å². The minimum Gasteiger partial charge on any atom is -0.496 e. The summed E-state index contributed by atoms with van der Waals surface area (Å²) in [5, 5.41) is 3.12. The zero-order valence-electron chi connectivity index (χ0n) is 22.8. The van der Waals surface area contributed by atoms with Crippen LogP contribution < -0.4 is 10.1 Å². The molecule has 3 aromatic rings. The largest absolute Gasteiger partial charge is 0.496 e. The summed E-state index contributed by atoms with van der Waals surface area (Å²) in [5.41, 5.74) is 7.39. The van der Waals surface area contributed by atoms with Crippen LogP contribution in [-0.2, 0) is 24.3 Å². The van der Waals surface area contributed by atoms with Crippen molar-refractivity contribution in [2.75, 3.05) is 27.3 Å². The highest BCUT2D eigenvalue weighted by Crippen LogP contribution is 2.46. The standard InChI is InChI=1S/C30H36N4O3S/c1-30(2,3)34-11-7-13-37-18-23-26(25(38)17-31-4)27-22-15-21(20-8-6-10-32-16-20)24(36-5)14-19(22)9-12-33(27)28(23)29(34)35/h6,8,10,14-17,31,38H,7,9,11-13,18H2,1-5H3/b25-17-. The normalized spacial score (nSPS) is 16.1. The molecule has 1 aromatic carbocycles. The van der Waals surface area contributed by atoms with E-state index in [2.05, 4.69) is 47.8 Å². The molecule has 0 bridgehead atoms. The van der Waals surface area contributed by atoms with Gasteiger partial charge in [0.15, 0.2) is 0 Å². The smallest absolute Gasteiger partial charge is 0.271 e. The zero-order chi connectivity index (χ0) is 27.0. The van der Waals surface area contributed by atoms with E-state index in [9.17, 15) is 4.79 Å². The fourth-order valence-electron chi connectivity index (χ4n) is 5.61. The molecule has 0 fully saturated rings. The van der Waals surface area contributed by atoms with Crippen LogP contribution in [0.3, 0.4) is 0 Å². The van der Waals surface area contributed by atoms with Crippen molar-refractivity contribution in [1.29, 1.82) is 0 Å². The lowest BCUT2D eigenvalue weighted by Gasteiger charge is -2.36. The van der Waals surface area contributed by atoms with Gasteiger partial charge in [-0.15, -0.1) is 12.6 Å². The number of thiol groups is 1. The molecule has 0 radical (unpaired) electrons. The van der Waals surface area contributed by atoms with Gasteiger partial charge in [0, 0.05) is 83.6 Å². The third-order valence-electron chi connectivity index (χ3n) is 7.33. The highest BCUT2D eigenvalue weighted by Gasteiger charge is 2.37. The second-order valence-corrected chi connectivity index (χ2v) is 11.2. The Bertz CT molecular complexity index is 1390. The number of ether oxygens (including phenoxy) is 2. The lowest BCUT2D eigenvalue weighted by atomic mass is 9.91. The number of nitrogens with one attached hydrogen (secondary N) is 1. The zero-order valence-corrected chi connectivity index (χ0v) is 23.7. The van der Waals surface area contributed by atoms with Gasteiger partial charge < -0.3 is 24.3 Å². The molecule has 2 aromatic heterocycles. The van der Waals surface area contributed by atoms with Crippen LogP contribution in [0, 0.1) is 0 Å². The summed E-state index contributed by atoms with van der Waals surface area (Å²) >= 11 is 4.93. The van der Waals surface area contributed by atoms with Crippen LogP contribution in [0.4, 0.5) is 0 Å². The molecule has 38 heavy (non-hydrogen) atoms. The summed E-state index contributed by atoms with van der Waals surface area (Å²) in [6.45, 7) is 8.57. The molecule has 2 aliphatic rings. The Morgan fingerprint density at radius 2 is 2.03 bits per heavy atom. The molecule has 8 heteroatoms. The molecule has 7 nitrogen and oxygen atoms in total. The molecule has 0 saturated carbocycles. The summed E-state index contributed by atoms with van der Waals surface area (Å²) in [6, 6.07) is 8.26. The van der Waals surface area contributed by atoms with E-state index in [1.54, 1.807) is 13.3 Å². The van der Waals surface area contributed by atoms with Gasteiger partial charge >= 0.3 is 0 Å². The van der Waals surface area contributed by atoms with E-state index in [1.165, 1.54) is 5.56 Å². The molecular weight excluding hydrogens is 496 g/mol. The highest BCUT2D eigenvalue weighted by atomic mass is 32.1. The Balaban J connectivity index is 1.82. The second-order valence-electron chi connectivity index (χ2n) is 10.8. The Morgan fingerprint density at radius 3 is 2.71 bits per heavy atom. The average Bonchev–Trinajstić information content (AvgIpc) is 3.26. The van der Waals surface area contributed by atoms with Crippen molar-refractivity contribution in [3.8, 4) is 28.1 Å². The SMILES string of the molecule is CN/C=C(\S)c1c2c(n3c1-c1cc(-c4cccnc4)c(OC)cc1CC3)C(=O)N(C(C)(C)C)CCCOC2. The van der Waals surface area contributed by atoms with E-state index in [4.69, 9.17) is 22.1 Å². The van der Waals surface area contributed by atoms with Crippen LogP contribution in [0.15, 0.2) is 42.9 Å². The van der Waals surface area contributed by atoms with Gasteiger partial charge in [-0.25, -0.2) is 0 Å². The number of fused-ring (bicyclic) bond motifs is 5. The van der Waals surface area contributed by atoms with Gasteiger partial charge in [0.2, 0.25) is 0 Å². The number of carbonyl (C=O) groups excluding carboxylic acids is 1. The van der Waals surface area contributed by atoms with Crippen molar-refractivity contribution in [1.82, 2.24) is 19.8 Å². The molecule has 0 unspecified atom stereocenters. The van der Waals surface area contributed by atoms with Crippen molar-refractivity contribution in [2.45, 2.75) is 52.3 Å². The quantitative estimate of drug-likeness (QED) is 0.441. The lowest BCUT2D eigenvalue weighted by Crippen LogP contribution is -2.47. The molecule has 1 amide bonds. The molecule has 0 atom stereocenters. The third-order valence-corrected chi connectivity index (χ3v) is 7.69. The fourth-order valence-corrected chi connectivity index (χ4v) is 5.98. The first-order chi connectivity index (χ1) is 18.3. The van der Waals surface area contributed by atoms with E-state index < -0.39 is 0 Å². The monoisotopic (exact) mass is 532 g/mol. The van der Waals surface area contributed by atoms with Crippen molar-refractivity contribution in [3.63, 3.8) is 0 Å². The summed E-state index contributed by atoms with van der Waals surface area (Å²) in [6.07, 6.45) is 7.07. The van der Waals surface area contributed by atoms with Gasteiger partial charge in [0.05, 0.1) is 19.4 Å². The Kier molecular flexibility index (Phi) is 7.29. The molecular formula is C30H36N4O3S. The van der Waals surface area contributed by atoms with Crippen molar-refractivity contribution in [3.05, 3.63) is 65.2 Å². The van der Waals surface area contributed by atoms with Gasteiger partial charge in [-0.05, 0) is 57.4 Å². The minimum atomic E-state index is -0.318. The number of hydrogen-bond donors (Lipinski definition) is 2. The molecule has 1 N–H and O–H groups in total. The number of pyridine rings is 1.